The monoisotopic (exact) mass is 340 g/mol. The normalized spacial score (nSPS) is 21.2. The lowest BCUT2D eigenvalue weighted by atomic mass is 10.1. The highest BCUT2D eigenvalue weighted by atomic mass is 16.5. The third kappa shape index (κ3) is 3.94. The first-order valence-corrected chi connectivity index (χ1v) is 8.56. The van der Waals surface area contributed by atoms with E-state index in [1.54, 1.807) is 0 Å². The van der Waals surface area contributed by atoms with Crippen LogP contribution in [0.15, 0.2) is 54.6 Å². The summed E-state index contributed by atoms with van der Waals surface area (Å²) in [5.74, 6) is 1.39. The number of nitrogens with two attached hydrogens (primary N) is 1. The molecule has 3 N–H and O–H groups in total. The maximum absolute atomic E-state index is 11.1. The summed E-state index contributed by atoms with van der Waals surface area (Å²) in [5.41, 5.74) is 7.45. The SMILES string of the molecule is CC(Oc1ccc(C2CC2C(C)N(O)C(N)=O)cc1)c1ccccc1. The minimum Gasteiger partial charge on any atom is -0.486 e. The zero-order valence-corrected chi connectivity index (χ0v) is 14.5. The molecule has 2 aromatic rings. The van der Waals surface area contributed by atoms with Gasteiger partial charge in [-0.05, 0) is 55.4 Å². The molecule has 0 saturated heterocycles. The first-order chi connectivity index (χ1) is 12.0. The van der Waals surface area contributed by atoms with Crippen molar-refractivity contribution < 1.29 is 14.7 Å². The molecule has 0 aromatic heterocycles. The van der Waals surface area contributed by atoms with Crippen LogP contribution in [0.1, 0.15) is 43.4 Å². The molecule has 0 aliphatic heterocycles. The van der Waals surface area contributed by atoms with Gasteiger partial charge >= 0.3 is 6.03 Å². The smallest absolute Gasteiger partial charge is 0.338 e. The van der Waals surface area contributed by atoms with Crippen LogP contribution in [0.25, 0.3) is 0 Å². The van der Waals surface area contributed by atoms with Crippen molar-refractivity contribution in [3.8, 4) is 5.75 Å². The van der Waals surface area contributed by atoms with Gasteiger partial charge in [-0.25, -0.2) is 9.86 Å². The molecule has 2 amide bonds. The minimum atomic E-state index is -0.809. The zero-order valence-electron chi connectivity index (χ0n) is 14.5. The molecule has 5 heteroatoms. The topological polar surface area (TPSA) is 75.8 Å². The summed E-state index contributed by atoms with van der Waals surface area (Å²) in [4.78, 5) is 11.1. The van der Waals surface area contributed by atoms with Crippen LogP contribution in [-0.4, -0.2) is 22.3 Å². The summed E-state index contributed by atoms with van der Waals surface area (Å²) >= 11 is 0. The van der Waals surface area contributed by atoms with E-state index in [1.165, 1.54) is 5.56 Å². The molecule has 0 spiro atoms. The van der Waals surface area contributed by atoms with Gasteiger partial charge in [0.1, 0.15) is 11.9 Å². The molecule has 132 valence electrons. The Kier molecular flexibility index (Phi) is 4.95. The Morgan fingerprint density at radius 1 is 1.16 bits per heavy atom. The number of urea groups is 1. The fraction of sp³-hybridized carbons (Fsp3) is 0.350. The van der Waals surface area contributed by atoms with E-state index in [0.29, 0.717) is 11.0 Å². The van der Waals surface area contributed by atoms with Gasteiger partial charge in [-0.2, -0.15) is 0 Å². The van der Waals surface area contributed by atoms with Crippen LogP contribution in [0.4, 0.5) is 4.79 Å². The van der Waals surface area contributed by atoms with E-state index in [2.05, 4.69) is 24.3 Å². The van der Waals surface area contributed by atoms with E-state index >= 15 is 0 Å². The van der Waals surface area contributed by atoms with E-state index < -0.39 is 6.03 Å². The standard InChI is InChI=1S/C20H24N2O3/c1-13(22(24)20(21)23)18-12-19(18)16-8-10-17(11-9-16)25-14(2)15-6-4-3-5-7-15/h3-11,13-14,18-19,24H,12H2,1-2H3,(H2,21,23). The second-order valence-electron chi connectivity index (χ2n) is 6.67. The number of carbonyl (C=O) groups excluding carboxylic acids is 1. The van der Waals surface area contributed by atoms with Gasteiger partial charge in [-0.1, -0.05) is 42.5 Å². The fourth-order valence-corrected chi connectivity index (χ4v) is 3.30. The van der Waals surface area contributed by atoms with E-state index in [-0.39, 0.29) is 18.1 Å². The van der Waals surface area contributed by atoms with Crippen molar-refractivity contribution in [2.75, 3.05) is 0 Å². The molecular formula is C20H24N2O3. The molecule has 0 heterocycles. The number of amides is 2. The molecule has 1 saturated carbocycles. The van der Waals surface area contributed by atoms with Gasteiger partial charge in [0.15, 0.2) is 0 Å². The van der Waals surface area contributed by atoms with Crippen LogP contribution in [0, 0.1) is 5.92 Å². The molecule has 0 bridgehead atoms. The molecule has 1 fully saturated rings. The lowest BCUT2D eigenvalue weighted by Crippen LogP contribution is -2.40. The molecule has 1 aliphatic carbocycles. The highest BCUT2D eigenvalue weighted by Crippen LogP contribution is 2.50. The zero-order chi connectivity index (χ0) is 18.0. The van der Waals surface area contributed by atoms with Gasteiger partial charge < -0.3 is 10.5 Å². The van der Waals surface area contributed by atoms with Gasteiger partial charge in [0.2, 0.25) is 0 Å². The summed E-state index contributed by atoms with van der Waals surface area (Å²) in [5, 5.41) is 10.3. The van der Waals surface area contributed by atoms with Gasteiger partial charge in [-0.15, -0.1) is 0 Å². The summed E-state index contributed by atoms with van der Waals surface area (Å²) < 4.78 is 5.99. The van der Waals surface area contributed by atoms with Crippen LogP contribution in [-0.2, 0) is 0 Å². The number of primary amides is 1. The molecular weight excluding hydrogens is 316 g/mol. The lowest BCUT2D eigenvalue weighted by Gasteiger charge is -2.20. The molecule has 5 nitrogen and oxygen atoms in total. The fourth-order valence-electron chi connectivity index (χ4n) is 3.30. The lowest BCUT2D eigenvalue weighted by molar-refractivity contribution is -0.0760. The Bertz CT molecular complexity index is 717. The number of hydroxylamine groups is 2. The number of benzene rings is 2. The maximum atomic E-state index is 11.1. The number of nitrogens with zero attached hydrogens (tertiary/aromatic N) is 1. The van der Waals surface area contributed by atoms with E-state index in [9.17, 15) is 10.0 Å². The van der Waals surface area contributed by atoms with Crippen LogP contribution in [0.2, 0.25) is 0 Å². The Hall–Kier alpha value is -2.53. The molecule has 2 aromatic carbocycles. The predicted molar refractivity (Wildman–Crippen MR) is 95.4 cm³/mol. The minimum absolute atomic E-state index is 0.0146. The number of hydrogen-bond acceptors (Lipinski definition) is 3. The second-order valence-corrected chi connectivity index (χ2v) is 6.67. The number of carbonyl (C=O) groups is 1. The highest BCUT2D eigenvalue weighted by molar-refractivity contribution is 5.71. The Morgan fingerprint density at radius 2 is 1.80 bits per heavy atom. The maximum Gasteiger partial charge on any atom is 0.338 e. The van der Waals surface area contributed by atoms with Crippen molar-refractivity contribution in [3.05, 3.63) is 65.7 Å². The summed E-state index contributed by atoms with van der Waals surface area (Å²) in [6.07, 6.45) is 0.922. The largest absolute Gasteiger partial charge is 0.486 e. The van der Waals surface area contributed by atoms with Crippen molar-refractivity contribution in [3.63, 3.8) is 0 Å². The van der Waals surface area contributed by atoms with Crippen molar-refractivity contribution in [2.45, 2.75) is 38.3 Å². The van der Waals surface area contributed by atoms with Gasteiger partial charge in [0.25, 0.3) is 0 Å². The van der Waals surface area contributed by atoms with Gasteiger partial charge in [0.05, 0.1) is 6.04 Å². The van der Waals surface area contributed by atoms with Crippen molar-refractivity contribution in [1.82, 2.24) is 5.06 Å². The van der Waals surface area contributed by atoms with Crippen molar-refractivity contribution >= 4 is 6.03 Å². The van der Waals surface area contributed by atoms with E-state index in [1.807, 2.05) is 44.2 Å². The molecule has 1 aliphatic rings. The van der Waals surface area contributed by atoms with Crippen molar-refractivity contribution in [1.29, 1.82) is 0 Å². The van der Waals surface area contributed by atoms with E-state index in [0.717, 1.165) is 17.7 Å². The van der Waals surface area contributed by atoms with Gasteiger partial charge in [-0.3, -0.25) is 5.21 Å². The van der Waals surface area contributed by atoms with Gasteiger partial charge in [0, 0.05) is 0 Å². The second kappa shape index (κ2) is 7.15. The van der Waals surface area contributed by atoms with Crippen LogP contribution in [0.5, 0.6) is 5.75 Å². The van der Waals surface area contributed by atoms with Crippen molar-refractivity contribution in [2.24, 2.45) is 11.7 Å². The van der Waals surface area contributed by atoms with E-state index in [4.69, 9.17) is 10.5 Å². The number of hydrogen-bond donors (Lipinski definition) is 2. The Balaban J connectivity index is 1.59. The average molecular weight is 340 g/mol. The summed E-state index contributed by atoms with van der Waals surface area (Å²) in [6, 6.07) is 17.1. The van der Waals surface area contributed by atoms with Crippen LogP contribution >= 0.6 is 0 Å². The highest BCUT2D eigenvalue weighted by Gasteiger charge is 2.44. The average Bonchev–Trinajstić information content (AvgIpc) is 3.42. The molecule has 4 atom stereocenters. The number of rotatable bonds is 6. The first kappa shape index (κ1) is 17.3. The predicted octanol–water partition coefficient (Wildman–Crippen LogP) is 4.09. The van der Waals surface area contributed by atoms with Crippen LogP contribution in [0.3, 0.4) is 0 Å². The molecule has 3 rings (SSSR count). The molecule has 4 unspecified atom stereocenters. The molecule has 25 heavy (non-hydrogen) atoms. The Labute approximate surface area is 148 Å². The Morgan fingerprint density at radius 3 is 2.40 bits per heavy atom. The summed E-state index contributed by atoms with van der Waals surface area (Å²) in [6.45, 7) is 3.84. The third-order valence-corrected chi connectivity index (χ3v) is 4.96. The number of ether oxygens (including phenoxy) is 1. The third-order valence-electron chi connectivity index (χ3n) is 4.96. The summed E-state index contributed by atoms with van der Waals surface area (Å²) in [7, 11) is 0. The van der Waals surface area contributed by atoms with Crippen LogP contribution < -0.4 is 10.5 Å². The molecule has 0 radical (unpaired) electrons. The quantitative estimate of drug-likeness (QED) is 0.614. The first-order valence-electron chi connectivity index (χ1n) is 8.56.